The molecule has 0 fully saturated rings. The molecular weight excluding hydrogens is 286 g/mol. The van der Waals surface area contributed by atoms with Crippen molar-refractivity contribution in [1.29, 1.82) is 0 Å². The minimum atomic E-state index is 0.187. The number of hydrogen-bond acceptors (Lipinski definition) is 3. The molecule has 0 atom stereocenters. The summed E-state index contributed by atoms with van der Waals surface area (Å²) in [5, 5.41) is 3.43. The summed E-state index contributed by atoms with van der Waals surface area (Å²) >= 11 is 0. The van der Waals surface area contributed by atoms with Gasteiger partial charge in [0, 0.05) is 37.6 Å². The van der Waals surface area contributed by atoms with E-state index in [1.54, 1.807) is 0 Å². The van der Waals surface area contributed by atoms with Gasteiger partial charge in [0.15, 0.2) is 0 Å². The van der Waals surface area contributed by atoms with Crippen molar-refractivity contribution in [2.75, 3.05) is 36.0 Å². The topological polar surface area (TPSA) is 35.6 Å². The van der Waals surface area contributed by atoms with Crippen LogP contribution in [0.4, 0.5) is 11.4 Å². The number of carbonyl (C=O) groups excluding carboxylic acids is 1. The van der Waals surface area contributed by atoms with Crippen LogP contribution in [0.5, 0.6) is 0 Å². The lowest BCUT2D eigenvalue weighted by Gasteiger charge is -2.27. The fourth-order valence-electron chi connectivity index (χ4n) is 3.54. The van der Waals surface area contributed by atoms with Crippen LogP contribution in [0, 0.1) is 0 Å². The van der Waals surface area contributed by atoms with Crippen LogP contribution in [0.15, 0.2) is 48.5 Å². The Morgan fingerprint density at radius 3 is 2.57 bits per heavy atom. The van der Waals surface area contributed by atoms with Gasteiger partial charge in [-0.05, 0) is 29.7 Å². The summed E-state index contributed by atoms with van der Waals surface area (Å²) in [7, 11) is 0. The van der Waals surface area contributed by atoms with Gasteiger partial charge in [0.25, 0.3) is 0 Å². The average Bonchev–Trinajstić information content (AvgIpc) is 2.92. The second-order valence-corrected chi connectivity index (χ2v) is 6.15. The van der Waals surface area contributed by atoms with E-state index in [2.05, 4.69) is 40.5 Å². The first kappa shape index (κ1) is 14.3. The van der Waals surface area contributed by atoms with Crippen LogP contribution in [-0.2, 0) is 17.8 Å². The molecule has 118 valence electrons. The van der Waals surface area contributed by atoms with Gasteiger partial charge < -0.3 is 15.1 Å². The van der Waals surface area contributed by atoms with Crippen LogP contribution in [-0.4, -0.2) is 32.1 Å². The van der Waals surface area contributed by atoms with Crippen LogP contribution < -0.4 is 15.1 Å². The molecule has 0 aliphatic carbocycles. The highest BCUT2D eigenvalue weighted by Gasteiger charge is 2.26. The Labute approximate surface area is 136 Å². The highest BCUT2D eigenvalue weighted by atomic mass is 16.2. The molecule has 2 heterocycles. The third-order valence-corrected chi connectivity index (χ3v) is 4.72. The van der Waals surface area contributed by atoms with Gasteiger partial charge in [0.2, 0.25) is 5.91 Å². The van der Waals surface area contributed by atoms with E-state index in [9.17, 15) is 4.79 Å². The normalized spacial score (nSPS) is 16.7. The third-order valence-electron chi connectivity index (χ3n) is 4.72. The summed E-state index contributed by atoms with van der Waals surface area (Å²) in [5.41, 5.74) is 4.80. The number of amides is 1. The Bertz CT molecular complexity index is 728. The molecule has 2 aliphatic heterocycles. The molecule has 2 aliphatic rings. The lowest BCUT2D eigenvalue weighted by molar-refractivity contribution is -0.117. The van der Waals surface area contributed by atoms with Crippen LogP contribution >= 0.6 is 0 Å². The summed E-state index contributed by atoms with van der Waals surface area (Å²) in [5.74, 6) is 0.187. The van der Waals surface area contributed by atoms with Crippen molar-refractivity contribution < 1.29 is 4.79 Å². The first-order valence-electron chi connectivity index (χ1n) is 8.25. The van der Waals surface area contributed by atoms with Crippen molar-refractivity contribution in [3.8, 4) is 0 Å². The summed E-state index contributed by atoms with van der Waals surface area (Å²) in [6.45, 7) is 3.86. The summed E-state index contributed by atoms with van der Waals surface area (Å²) in [6.07, 6.45) is 0.958. The standard InChI is InChI=1S/C19H21N3O/c23-19(22-11-9-15-5-1-4-8-18(15)22)14-21-12-10-20-13-16-6-2-3-7-17(16)21/h1-8,20H,9-14H2. The van der Waals surface area contributed by atoms with Crippen molar-refractivity contribution in [3.05, 3.63) is 59.7 Å². The highest BCUT2D eigenvalue weighted by molar-refractivity contribution is 5.98. The van der Waals surface area contributed by atoms with Crippen LogP contribution in [0.1, 0.15) is 11.1 Å². The Kier molecular flexibility index (Phi) is 3.75. The molecule has 23 heavy (non-hydrogen) atoms. The molecule has 0 unspecified atom stereocenters. The highest BCUT2D eigenvalue weighted by Crippen LogP contribution is 2.28. The molecule has 4 nitrogen and oxygen atoms in total. The van der Waals surface area contributed by atoms with Crippen LogP contribution in [0.2, 0.25) is 0 Å². The van der Waals surface area contributed by atoms with E-state index in [0.29, 0.717) is 6.54 Å². The monoisotopic (exact) mass is 307 g/mol. The zero-order valence-corrected chi connectivity index (χ0v) is 13.2. The van der Waals surface area contributed by atoms with E-state index >= 15 is 0 Å². The van der Waals surface area contributed by atoms with E-state index in [0.717, 1.165) is 38.3 Å². The molecular formula is C19H21N3O. The molecule has 0 saturated heterocycles. The Balaban J connectivity index is 1.56. The Hall–Kier alpha value is -2.33. The molecule has 1 N–H and O–H groups in total. The molecule has 1 amide bonds. The van der Waals surface area contributed by atoms with Crippen LogP contribution in [0.3, 0.4) is 0 Å². The van der Waals surface area contributed by atoms with Gasteiger partial charge in [0.05, 0.1) is 6.54 Å². The molecule has 0 radical (unpaired) electrons. The Morgan fingerprint density at radius 1 is 0.957 bits per heavy atom. The van der Waals surface area contributed by atoms with Gasteiger partial charge in [-0.3, -0.25) is 4.79 Å². The number of carbonyl (C=O) groups is 1. The van der Waals surface area contributed by atoms with Crippen molar-refractivity contribution in [2.24, 2.45) is 0 Å². The average molecular weight is 307 g/mol. The summed E-state index contributed by atoms with van der Waals surface area (Å²) in [6, 6.07) is 16.6. The van der Waals surface area contributed by atoms with Crippen molar-refractivity contribution >= 4 is 17.3 Å². The molecule has 4 heteroatoms. The van der Waals surface area contributed by atoms with Gasteiger partial charge in [-0.15, -0.1) is 0 Å². The predicted octanol–water partition coefficient (Wildman–Crippen LogP) is 2.19. The van der Waals surface area contributed by atoms with Crippen molar-refractivity contribution in [3.63, 3.8) is 0 Å². The SMILES string of the molecule is O=C(CN1CCNCc2ccccc21)N1CCc2ccccc21. The number of benzene rings is 2. The maximum absolute atomic E-state index is 12.9. The second-order valence-electron chi connectivity index (χ2n) is 6.15. The summed E-state index contributed by atoms with van der Waals surface area (Å²) in [4.78, 5) is 17.0. The quantitative estimate of drug-likeness (QED) is 0.924. The number of anilines is 2. The lowest BCUT2D eigenvalue weighted by atomic mass is 10.1. The van der Waals surface area contributed by atoms with E-state index in [-0.39, 0.29) is 5.91 Å². The minimum absolute atomic E-state index is 0.187. The zero-order valence-electron chi connectivity index (χ0n) is 13.2. The molecule has 2 aromatic carbocycles. The van der Waals surface area contributed by atoms with E-state index in [4.69, 9.17) is 0 Å². The molecule has 0 saturated carbocycles. The molecule has 0 aromatic heterocycles. The predicted molar refractivity (Wildman–Crippen MR) is 92.9 cm³/mol. The van der Waals surface area contributed by atoms with E-state index in [1.165, 1.54) is 16.8 Å². The number of para-hydroxylation sites is 2. The van der Waals surface area contributed by atoms with E-state index in [1.807, 2.05) is 23.1 Å². The fraction of sp³-hybridized carbons (Fsp3) is 0.316. The van der Waals surface area contributed by atoms with E-state index < -0.39 is 0 Å². The first-order valence-corrected chi connectivity index (χ1v) is 8.25. The molecule has 4 rings (SSSR count). The number of nitrogens with zero attached hydrogens (tertiary/aromatic N) is 2. The zero-order chi connectivity index (χ0) is 15.6. The number of fused-ring (bicyclic) bond motifs is 2. The third kappa shape index (κ3) is 2.70. The van der Waals surface area contributed by atoms with Gasteiger partial charge in [-0.25, -0.2) is 0 Å². The van der Waals surface area contributed by atoms with Gasteiger partial charge >= 0.3 is 0 Å². The molecule has 0 spiro atoms. The maximum atomic E-state index is 12.9. The van der Waals surface area contributed by atoms with Gasteiger partial charge in [-0.2, -0.15) is 0 Å². The largest absolute Gasteiger partial charge is 0.361 e. The number of nitrogens with one attached hydrogen (secondary N) is 1. The summed E-state index contributed by atoms with van der Waals surface area (Å²) < 4.78 is 0. The maximum Gasteiger partial charge on any atom is 0.246 e. The van der Waals surface area contributed by atoms with Crippen molar-refractivity contribution in [1.82, 2.24) is 5.32 Å². The van der Waals surface area contributed by atoms with Gasteiger partial charge in [-0.1, -0.05) is 36.4 Å². The van der Waals surface area contributed by atoms with Crippen LogP contribution in [0.25, 0.3) is 0 Å². The first-order chi connectivity index (χ1) is 11.3. The number of rotatable bonds is 2. The van der Waals surface area contributed by atoms with Gasteiger partial charge in [0.1, 0.15) is 0 Å². The fourth-order valence-corrected chi connectivity index (χ4v) is 3.54. The second kappa shape index (κ2) is 6.05. The Morgan fingerprint density at radius 2 is 1.70 bits per heavy atom. The molecule has 0 bridgehead atoms. The minimum Gasteiger partial charge on any atom is -0.361 e. The molecule has 2 aromatic rings. The smallest absolute Gasteiger partial charge is 0.246 e. The van der Waals surface area contributed by atoms with Crippen molar-refractivity contribution in [2.45, 2.75) is 13.0 Å². The lowest BCUT2D eigenvalue weighted by Crippen LogP contribution is -2.41. The number of hydrogen-bond donors (Lipinski definition) is 1.